The third-order valence-electron chi connectivity index (χ3n) is 2.37. The zero-order chi connectivity index (χ0) is 11.4. The molecule has 1 atom stereocenters. The fraction of sp³-hybridized carbons (Fsp3) is 0.455. The van der Waals surface area contributed by atoms with Crippen molar-refractivity contribution in [2.45, 2.75) is 33.1 Å². The summed E-state index contributed by atoms with van der Waals surface area (Å²) in [5.74, 6) is 0.308. The van der Waals surface area contributed by atoms with Crippen molar-refractivity contribution in [3.63, 3.8) is 0 Å². The Labute approximate surface area is 122 Å². The first-order valence-electron chi connectivity index (χ1n) is 5.04. The number of rotatable bonds is 4. The predicted octanol–water partition coefficient (Wildman–Crippen LogP) is 2.20. The van der Waals surface area contributed by atoms with E-state index >= 15 is 0 Å². The number of benzene rings is 1. The van der Waals surface area contributed by atoms with Gasteiger partial charge in [0, 0.05) is 40.8 Å². The van der Waals surface area contributed by atoms with Gasteiger partial charge in [-0.25, -0.2) is 0 Å². The Morgan fingerprint density at radius 1 is 1.44 bits per heavy atom. The van der Waals surface area contributed by atoms with Crippen LogP contribution < -0.4 is 4.72 Å². The second-order valence-corrected chi connectivity index (χ2v) is 4.40. The van der Waals surface area contributed by atoms with E-state index in [2.05, 4.69) is 4.72 Å². The number of hydrogen-bond donors (Lipinski definition) is 1. The van der Waals surface area contributed by atoms with E-state index in [1.54, 1.807) is 0 Å². The maximum atomic E-state index is 10.7. The SMILES string of the molecule is CCc1cccc(C(C)C)c1NS(=O)[O-].[Na]. The van der Waals surface area contributed by atoms with Crippen molar-refractivity contribution in [2.75, 3.05) is 4.72 Å². The van der Waals surface area contributed by atoms with Crippen molar-refractivity contribution in [3.8, 4) is 0 Å². The van der Waals surface area contributed by atoms with Gasteiger partial charge in [0.05, 0.1) is 5.69 Å². The molecule has 0 amide bonds. The molecular weight excluding hydrogens is 233 g/mol. The van der Waals surface area contributed by atoms with Crippen LogP contribution in [0.3, 0.4) is 0 Å². The summed E-state index contributed by atoms with van der Waals surface area (Å²) in [5.41, 5.74) is 2.81. The predicted molar refractivity (Wildman–Crippen MR) is 68.2 cm³/mol. The summed E-state index contributed by atoms with van der Waals surface area (Å²) in [6.07, 6.45) is 0.820. The van der Waals surface area contributed by atoms with Crippen LogP contribution in [0.2, 0.25) is 0 Å². The van der Waals surface area contributed by atoms with E-state index in [0.717, 1.165) is 23.2 Å². The van der Waals surface area contributed by atoms with Crippen LogP contribution in [0.5, 0.6) is 0 Å². The molecule has 3 nitrogen and oxygen atoms in total. The van der Waals surface area contributed by atoms with E-state index in [0.29, 0.717) is 5.92 Å². The van der Waals surface area contributed by atoms with Gasteiger partial charge in [0.2, 0.25) is 0 Å². The molecule has 0 bridgehead atoms. The quantitative estimate of drug-likeness (QED) is 0.657. The Morgan fingerprint density at radius 2 is 2.06 bits per heavy atom. The molecule has 1 aromatic carbocycles. The first kappa shape index (κ1) is 16.1. The minimum Gasteiger partial charge on any atom is -0.755 e. The molecule has 1 N–H and O–H groups in total. The fourth-order valence-electron chi connectivity index (χ4n) is 1.60. The number of para-hydroxylation sites is 1. The van der Waals surface area contributed by atoms with E-state index in [-0.39, 0.29) is 29.6 Å². The number of hydrogen-bond acceptors (Lipinski definition) is 2. The minimum atomic E-state index is -2.26. The molecule has 0 aliphatic heterocycles. The van der Waals surface area contributed by atoms with Gasteiger partial charge in [-0.05, 0) is 23.5 Å². The molecule has 0 aliphatic rings. The summed E-state index contributed by atoms with van der Waals surface area (Å²) in [5, 5.41) is 0. The molecule has 0 fully saturated rings. The Bertz CT molecular complexity index is 369. The first-order chi connectivity index (χ1) is 7.06. The average Bonchev–Trinajstić information content (AvgIpc) is 2.16. The molecule has 0 saturated carbocycles. The van der Waals surface area contributed by atoms with Crippen LogP contribution in [0.4, 0.5) is 5.69 Å². The first-order valence-corrected chi connectivity index (χ1v) is 6.11. The normalized spacial score (nSPS) is 12.1. The number of anilines is 1. The standard InChI is InChI=1S/C11H17NO2S.Na/c1-4-9-6-5-7-10(8(2)3)11(9)12-15(13)14;/h5-8,12H,4H2,1-3H3,(H,13,14);/p-1. The fourth-order valence-corrected chi connectivity index (χ4v) is 2.02. The van der Waals surface area contributed by atoms with Gasteiger partial charge in [-0.2, -0.15) is 0 Å². The van der Waals surface area contributed by atoms with Crippen LogP contribution in [-0.2, 0) is 17.7 Å². The zero-order valence-electron chi connectivity index (χ0n) is 10.2. The Hall–Kier alpha value is 0.130. The van der Waals surface area contributed by atoms with Gasteiger partial charge < -0.3 is 9.27 Å². The van der Waals surface area contributed by atoms with Crippen LogP contribution in [0.15, 0.2) is 18.2 Å². The molecule has 1 rings (SSSR count). The van der Waals surface area contributed by atoms with Gasteiger partial charge in [0.25, 0.3) is 0 Å². The third-order valence-corrected chi connectivity index (χ3v) is 2.74. The van der Waals surface area contributed by atoms with E-state index < -0.39 is 11.3 Å². The number of aryl methyl sites for hydroxylation is 1. The van der Waals surface area contributed by atoms with E-state index in [1.807, 2.05) is 39.0 Å². The summed E-state index contributed by atoms with van der Waals surface area (Å²) in [6, 6.07) is 5.87. The molecule has 0 heterocycles. The van der Waals surface area contributed by atoms with Gasteiger partial charge >= 0.3 is 0 Å². The number of nitrogens with one attached hydrogen (secondary N) is 1. The van der Waals surface area contributed by atoms with Crippen molar-refractivity contribution in [2.24, 2.45) is 0 Å². The van der Waals surface area contributed by atoms with Crippen molar-refractivity contribution >= 4 is 46.5 Å². The molecule has 0 spiro atoms. The second kappa shape index (κ2) is 7.45. The van der Waals surface area contributed by atoms with Gasteiger partial charge in [0.1, 0.15) is 0 Å². The van der Waals surface area contributed by atoms with Crippen LogP contribution in [0.1, 0.15) is 37.8 Å². The maximum absolute atomic E-state index is 10.7. The molecule has 1 aromatic rings. The second-order valence-electron chi connectivity index (χ2n) is 3.73. The van der Waals surface area contributed by atoms with Crippen LogP contribution in [-0.4, -0.2) is 38.3 Å². The molecule has 5 heteroatoms. The minimum absolute atomic E-state index is 0. The molecule has 85 valence electrons. The van der Waals surface area contributed by atoms with E-state index in [4.69, 9.17) is 0 Å². The van der Waals surface area contributed by atoms with E-state index in [1.165, 1.54) is 0 Å². The van der Waals surface area contributed by atoms with Gasteiger partial charge in [-0.15, -0.1) is 0 Å². The van der Waals surface area contributed by atoms with Crippen molar-refractivity contribution in [1.82, 2.24) is 0 Å². The summed E-state index contributed by atoms with van der Waals surface area (Å²) < 4.78 is 23.9. The zero-order valence-corrected chi connectivity index (χ0v) is 13.1. The molecule has 0 aromatic heterocycles. The molecule has 1 radical (unpaired) electrons. The summed E-state index contributed by atoms with van der Waals surface area (Å²) >= 11 is -2.26. The summed E-state index contributed by atoms with van der Waals surface area (Å²) in [7, 11) is 0. The van der Waals surface area contributed by atoms with Crippen LogP contribution in [0.25, 0.3) is 0 Å². The van der Waals surface area contributed by atoms with Gasteiger partial charge in [-0.3, -0.25) is 4.21 Å². The average molecular weight is 249 g/mol. The van der Waals surface area contributed by atoms with Crippen LogP contribution >= 0.6 is 0 Å². The topological polar surface area (TPSA) is 52.2 Å². The largest absolute Gasteiger partial charge is 0.755 e. The Morgan fingerprint density at radius 3 is 2.50 bits per heavy atom. The summed E-state index contributed by atoms with van der Waals surface area (Å²) in [4.78, 5) is 0. The van der Waals surface area contributed by atoms with Crippen LogP contribution in [0, 0.1) is 0 Å². The Balaban J connectivity index is 0.00000225. The molecular formula is C11H16NNaO2S-. The monoisotopic (exact) mass is 249 g/mol. The van der Waals surface area contributed by atoms with Crippen molar-refractivity contribution in [3.05, 3.63) is 29.3 Å². The van der Waals surface area contributed by atoms with Gasteiger partial charge in [0.15, 0.2) is 0 Å². The van der Waals surface area contributed by atoms with Gasteiger partial charge in [-0.1, -0.05) is 39.0 Å². The molecule has 0 aliphatic carbocycles. The summed E-state index contributed by atoms with van der Waals surface area (Å²) in [6.45, 7) is 6.11. The molecule has 0 saturated heterocycles. The third kappa shape index (κ3) is 4.18. The Kier molecular flexibility index (Phi) is 7.52. The van der Waals surface area contributed by atoms with Crippen molar-refractivity contribution in [1.29, 1.82) is 0 Å². The molecule has 16 heavy (non-hydrogen) atoms. The van der Waals surface area contributed by atoms with Crippen molar-refractivity contribution < 1.29 is 8.76 Å². The molecule has 1 unspecified atom stereocenters. The maximum Gasteiger partial charge on any atom is 0.0518 e. The smallest absolute Gasteiger partial charge is 0.0518 e. The van der Waals surface area contributed by atoms with E-state index in [9.17, 15) is 8.76 Å².